The average molecular weight is 402 g/mol. The Balaban J connectivity index is 1.90. The van der Waals surface area contributed by atoms with Gasteiger partial charge in [0.2, 0.25) is 5.78 Å². The highest BCUT2D eigenvalue weighted by molar-refractivity contribution is 6.01. The van der Waals surface area contributed by atoms with Gasteiger partial charge in [-0.2, -0.15) is 0 Å². The number of hydrogen-bond donors (Lipinski definition) is 2. The van der Waals surface area contributed by atoms with Crippen LogP contribution >= 0.6 is 0 Å². The molecule has 0 heterocycles. The predicted octanol–water partition coefficient (Wildman–Crippen LogP) is 3.08. The van der Waals surface area contributed by atoms with Gasteiger partial charge in [0, 0.05) is 12.6 Å². The smallest absolute Gasteiger partial charge is 0.338 e. The summed E-state index contributed by atoms with van der Waals surface area (Å²) in [7, 11) is 1.36. The number of carbonyl (C=O) groups excluding carboxylic acids is 3. The molecule has 2 rings (SSSR count). The summed E-state index contributed by atoms with van der Waals surface area (Å²) >= 11 is 0. The number of esters is 1. The maximum absolute atomic E-state index is 13.4. The monoisotopic (exact) mass is 402 g/mol. The second-order valence-electron chi connectivity index (χ2n) is 6.52. The van der Waals surface area contributed by atoms with Crippen LogP contribution in [0.3, 0.4) is 0 Å². The number of rotatable bonds is 8. The summed E-state index contributed by atoms with van der Waals surface area (Å²) in [4.78, 5) is 35.9. The van der Waals surface area contributed by atoms with Crippen molar-refractivity contribution in [1.82, 2.24) is 10.6 Å². The van der Waals surface area contributed by atoms with E-state index in [4.69, 9.17) is 9.47 Å². The molecule has 0 saturated heterocycles. The van der Waals surface area contributed by atoms with E-state index in [2.05, 4.69) is 10.6 Å². The van der Waals surface area contributed by atoms with Gasteiger partial charge in [-0.15, -0.1) is 0 Å². The van der Waals surface area contributed by atoms with Crippen LogP contribution in [0.2, 0.25) is 0 Å². The number of amides is 2. The minimum absolute atomic E-state index is 0.00129. The molecule has 2 aromatic rings. The molecule has 2 amide bonds. The molecule has 8 heteroatoms. The summed E-state index contributed by atoms with van der Waals surface area (Å²) in [5.74, 6) is -1.66. The van der Waals surface area contributed by atoms with Crippen molar-refractivity contribution in [3.8, 4) is 5.75 Å². The van der Waals surface area contributed by atoms with Gasteiger partial charge in [0.15, 0.2) is 6.61 Å². The number of nitrogens with one attached hydrogen (secondary N) is 2. The van der Waals surface area contributed by atoms with E-state index in [0.29, 0.717) is 6.54 Å². The summed E-state index contributed by atoms with van der Waals surface area (Å²) in [6, 6.07) is 9.69. The van der Waals surface area contributed by atoms with Crippen LogP contribution in [0.5, 0.6) is 5.75 Å². The van der Waals surface area contributed by atoms with Crippen LogP contribution < -0.4 is 15.4 Å². The van der Waals surface area contributed by atoms with Crippen molar-refractivity contribution < 1.29 is 28.2 Å². The molecule has 0 saturated carbocycles. The van der Waals surface area contributed by atoms with E-state index in [1.54, 1.807) is 12.1 Å². The van der Waals surface area contributed by atoms with E-state index in [0.717, 1.165) is 11.6 Å². The Morgan fingerprint density at radius 2 is 1.76 bits per heavy atom. The van der Waals surface area contributed by atoms with Gasteiger partial charge in [0.25, 0.3) is 0 Å². The Morgan fingerprint density at radius 3 is 2.38 bits per heavy atom. The third-order valence-corrected chi connectivity index (χ3v) is 3.86. The van der Waals surface area contributed by atoms with Crippen LogP contribution in [0.4, 0.5) is 9.18 Å². The maximum atomic E-state index is 13.4. The fraction of sp³-hybridized carbons (Fsp3) is 0.286. The Hall–Kier alpha value is -3.42. The van der Waals surface area contributed by atoms with E-state index in [1.165, 1.54) is 31.4 Å². The summed E-state index contributed by atoms with van der Waals surface area (Å²) in [6.07, 6.45) is 0. The SMILES string of the molecule is COc1ccc(F)cc1C(=O)COC(=O)c1ccc(CNC(=O)NC(C)C)cc1. The van der Waals surface area contributed by atoms with Gasteiger partial charge in [0.1, 0.15) is 11.6 Å². The molecule has 29 heavy (non-hydrogen) atoms. The van der Waals surface area contributed by atoms with Crippen molar-refractivity contribution in [2.75, 3.05) is 13.7 Å². The van der Waals surface area contributed by atoms with Gasteiger partial charge in [-0.3, -0.25) is 4.79 Å². The highest BCUT2D eigenvalue weighted by Crippen LogP contribution is 2.20. The number of halogens is 1. The van der Waals surface area contributed by atoms with Crippen molar-refractivity contribution in [3.63, 3.8) is 0 Å². The quantitative estimate of drug-likeness (QED) is 0.523. The highest BCUT2D eigenvalue weighted by atomic mass is 19.1. The Labute approximate surface area is 168 Å². The second-order valence-corrected chi connectivity index (χ2v) is 6.52. The number of ether oxygens (including phenoxy) is 2. The Kier molecular flexibility index (Phi) is 7.70. The fourth-order valence-corrected chi connectivity index (χ4v) is 2.44. The summed E-state index contributed by atoms with van der Waals surface area (Å²) in [5.41, 5.74) is 1.04. The normalized spacial score (nSPS) is 10.4. The first-order valence-electron chi connectivity index (χ1n) is 8.97. The van der Waals surface area contributed by atoms with Gasteiger partial charge in [-0.05, 0) is 49.7 Å². The molecular formula is C21H23FN2O5. The molecule has 2 N–H and O–H groups in total. The van der Waals surface area contributed by atoms with E-state index in [9.17, 15) is 18.8 Å². The molecule has 0 aliphatic heterocycles. The number of urea groups is 1. The molecule has 2 aromatic carbocycles. The number of benzene rings is 2. The fourth-order valence-electron chi connectivity index (χ4n) is 2.44. The average Bonchev–Trinajstić information content (AvgIpc) is 2.70. The minimum Gasteiger partial charge on any atom is -0.496 e. The molecule has 0 aliphatic carbocycles. The predicted molar refractivity (Wildman–Crippen MR) is 105 cm³/mol. The topological polar surface area (TPSA) is 93.7 Å². The lowest BCUT2D eigenvalue weighted by Gasteiger charge is -2.10. The van der Waals surface area contributed by atoms with Crippen molar-refractivity contribution in [1.29, 1.82) is 0 Å². The third-order valence-electron chi connectivity index (χ3n) is 3.86. The standard InChI is InChI=1S/C21H23FN2O5/c1-13(2)24-21(27)23-11-14-4-6-15(7-5-14)20(26)29-12-18(25)17-10-16(22)8-9-19(17)28-3/h4-10,13H,11-12H2,1-3H3,(H2,23,24,27). The van der Waals surface area contributed by atoms with Crippen molar-refractivity contribution in [2.45, 2.75) is 26.4 Å². The lowest BCUT2D eigenvalue weighted by atomic mass is 10.1. The van der Waals surface area contributed by atoms with Crippen LogP contribution in [0.25, 0.3) is 0 Å². The lowest BCUT2D eigenvalue weighted by Crippen LogP contribution is -2.39. The van der Waals surface area contributed by atoms with E-state index < -0.39 is 24.2 Å². The summed E-state index contributed by atoms with van der Waals surface area (Å²) in [6.45, 7) is 3.47. The zero-order valence-corrected chi connectivity index (χ0v) is 16.5. The molecule has 0 aliphatic rings. The van der Waals surface area contributed by atoms with Crippen LogP contribution in [-0.4, -0.2) is 37.5 Å². The zero-order valence-electron chi connectivity index (χ0n) is 16.5. The number of hydrogen-bond acceptors (Lipinski definition) is 5. The highest BCUT2D eigenvalue weighted by Gasteiger charge is 2.16. The van der Waals surface area contributed by atoms with Crippen LogP contribution in [0, 0.1) is 5.82 Å². The molecule has 0 fully saturated rings. The van der Waals surface area contributed by atoms with Crippen molar-refractivity contribution in [2.24, 2.45) is 0 Å². The van der Waals surface area contributed by atoms with Crippen LogP contribution in [-0.2, 0) is 11.3 Å². The molecular weight excluding hydrogens is 379 g/mol. The molecule has 154 valence electrons. The molecule has 0 spiro atoms. The summed E-state index contributed by atoms with van der Waals surface area (Å²) in [5, 5.41) is 5.41. The largest absolute Gasteiger partial charge is 0.496 e. The van der Waals surface area contributed by atoms with Gasteiger partial charge < -0.3 is 20.1 Å². The van der Waals surface area contributed by atoms with E-state index in [1.807, 2.05) is 13.8 Å². The van der Waals surface area contributed by atoms with Gasteiger partial charge in [-0.1, -0.05) is 12.1 Å². The van der Waals surface area contributed by atoms with Gasteiger partial charge in [-0.25, -0.2) is 14.0 Å². The zero-order chi connectivity index (χ0) is 21.4. The first kappa shape index (κ1) is 21.9. The third kappa shape index (κ3) is 6.60. The molecule has 0 bridgehead atoms. The number of Topliss-reactive ketones (excluding diaryl/α,β-unsaturated/α-hetero) is 1. The molecule has 0 aromatic heterocycles. The lowest BCUT2D eigenvalue weighted by molar-refractivity contribution is 0.0474. The Bertz CT molecular complexity index is 881. The van der Waals surface area contributed by atoms with Crippen molar-refractivity contribution in [3.05, 3.63) is 65.0 Å². The van der Waals surface area contributed by atoms with Gasteiger partial charge in [0.05, 0.1) is 18.2 Å². The van der Waals surface area contributed by atoms with E-state index in [-0.39, 0.29) is 28.9 Å². The first-order valence-corrected chi connectivity index (χ1v) is 8.97. The first-order chi connectivity index (χ1) is 13.8. The molecule has 0 unspecified atom stereocenters. The number of carbonyl (C=O) groups is 3. The van der Waals surface area contributed by atoms with Crippen molar-refractivity contribution >= 4 is 17.8 Å². The number of ketones is 1. The maximum Gasteiger partial charge on any atom is 0.338 e. The summed E-state index contributed by atoms with van der Waals surface area (Å²) < 4.78 is 23.4. The number of methoxy groups -OCH3 is 1. The van der Waals surface area contributed by atoms with Gasteiger partial charge >= 0.3 is 12.0 Å². The van der Waals surface area contributed by atoms with Crippen LogP contribution in [0.1, 0.15) is 40.1 Å². The van der Waals surface area contributed by atoms with E-state index >= 15 is 0 Å². The Morgan fingerprint density at radius 1 is 1.07 bits per heavy atom. The molecule has 0 radical (unpaired) electrons. The second kappa shape index (κ2) is 10.2. The van der Waals surface area contributed by atoms with Crippen LogP contribution in [0.15, 0.2) is 42.5 Å². The minimum atomic E-state index is -0.689. The molecule has 7 nitrogen and oxygen atoms in total. The molecule has 0 atom stereocenters.